The van der Waals surface area contributed by atoms with Crippen LogP contribution in [0.15, 0.2) is 0 Å². The highest BCUT2D eigenvalue weighted by Crippen LogP contribution is 2.29. The molecule has 0 aromatic heterocycles. The predicted octanol–water partition coefficient (Wildman–Crippen LogP) is 1.98. The molecule has 1 N–H and O–H groups in total. The molecule has 108 valence electrons. The SMILES string of the molecule is CN(CC(F)F)CC1(CNC(C)(C)C)CCOC1. The lowest BCUT2D eigenvalue weighted by atomic mass is 9.85. The third kappa shape index (κ3) is 5.59. The Morgan fingerprint density at radius 1 is 1.39 bits per heavy atom. The van der Waals surface area contributed by atoms with Crippen LogP contribution in [0.25, 0.3) is 0 Å². The van der Waals surface area contributed by atoms with Crippen LogP contribution >= 0.6 is 0 Å². The zero-order valence-corrected chi connectivity index (χ0v) is 11.9. The average molecular weight is 264 g/mol. The molecule has 0 bridgehead atoms. The molecule has 1 atom stereocenters. The first-order valence-electron chi connectivity index (χ1n) is 6.52. The Hall–Kier alpha value is -0.260. The van der Waals surface area contributed by atoms with Crippen LogP contribution in [-0.4, -0.2) is 56.8 Å². The summed E-state index contributed by atoms with van der Waals surface area (Å²) in [6, 6.07) is 0. The van der Waals surface area contributed by atoms with Crippen molar-refractivity contribution in [3.05, 3.63) is 0 Å². The van der Waals surface area contributed by atoms with Crippen LogP contribution in [0.5, 0.6) is 0 Å². The van der Waals surface area contributed by atoms with Crippen LogP contribution < -0.4 is 5.32 Å². The van der Waals surface area contributed by atoms with Gasteiger partial charge in [-0.2, -0.15) is 0 Å². The number of nitrogens with one attached hydrogen (secondary N) is 1. The van der Waals surface area contributed by atoms with E-state index < -0.39 is 6.43 Å². The molecule has 0 spiro atoms. The van der Waals surface area contributed by atoms with Crippen molar-refractivity contribution >= 4 is 0 Å². The summed E-state index contributed by atoms with van der Waals surface area (Å²) in [4.78, 5) is 1.71. The molecular weight excluding hydrogens is 238 g/mol. The highest BCUT2D eigenvalue weighted by molar-refractivity contribution is 4.90. The molecule has 1 aliphatic rings. The fourth-order valence-electron chi connectivity index (χ4n) is 2.29. The number of hydrogen-bond donors (Lipinski definition) is 1. The number of rotatable bonds is 6. The Morgan fingerprint density at radius 3 is 2.50 bits per heavy atom. The monoisotopic (exact) mass is 264 g/mol. The normalized spacial score (nSPS) is 25.3. The number of alkyl halides is 2. The molecule has 1 aliphatic heterocycles. The summed E-state index contributed by atoms with van der Waals surface area (Å²) in [6.07, 6.45) is -1.34. The lowest BCUT2D eigenvalue weighted by Crippen LogP contribution is -2.49. The first-order chi connectivity index (χ1) is 8.22. The molecule has 1 fully saturated rings. The summed E-state index contributed by atoms with van der Waals surface area (Å²) in [5, 5.41) is 3.47. The van der Waals surface area contributed by atoms with E-state index in [2.05, 4.69) is 26.1 Å². The number of ether oxygens (including phenoxy) is 1. The third-order valence-corrected chi connectivity index (χ3v) is 3.23. The number of hydrogen-bond acceptors (Lipinski definition) is 3. The molecule has 5 heteroatoms. The summed E-state index contributed by atoms with van der Waals surface area (Å²) < 4.78 is 30.2. The molecule has 1 rings (SSSR count). The smallest absolute Gasteiger partial charge is 0.251 e. The van der Waals surface area contributed by atoms with Crippen LogP contribution in [0.3, 0.4) is 0 Å². The second-order valence-electron chi connectivity index (χ2n) is 6.49. The Balaban J connectivity index is 2.52. The Labute approximate surface area is 109 Å². The molecule has 0 aliphatic carbocycles. The van der Waals surface area contributed by atoms with Gasteiger partial charge in [-0.25, -0.2) is 8.78 Å². The molecule has 0 radical (unpaired) electrons. The Kier molecular flexibility index (Phi) is 5.49. The van der Waals surface area contributed by atoms with E-state index in [1.54, 1.807) is 11.9 Å². The lowest BCUT2D eigenvalue weighted by Gasteiger charge is -2.35. The maximum Gasteiger partial charge on any atom is 0.251 e. The molecule has 0 aromatic rings. The molecular formula is C13H26F2N2O. The molecule has 1 unspecified atom stereocenters. The van der Waals surface area contributed by atoms with Gasteiger partial charge in [0.25, 0.3) is 6.43 Å². The van der Waals surface area contributed by atoms with Gasteiger partial charge in [-0.1, -0.05) is 0 Å². The van der Waals surface area contributed by atoms with Crippen molar-refractivity contribution in [2.45, 2.75) is 39.2 Å². The van der Waals surface area contributed by atoms with Gasteiger partial charge in [-0.15, -0.1) is 0 Å². The van der Waals surface area contributed by atoms with Gasteiger partial charge in [0.15, 0.2) is 0 Å². The van der Waals surface area contributed by atoms with E-state index >= 15 is 0 Å². The van der Waals surface area contributed by atoms with E-state index in [4.69, 9.17) is 4.74 Å². The van der Waals surface area contributed by atoms with Crippen LogP contribution in [0.2, 0.25) is 0 Å². The van der Waals surface area contributed by atoms with Gasteiger partial charge in [0.05, 0.1) is 13.2 Å². The fraction of sp³-hybridized carbons (Fsp3) is 1.00. The van der Waals surface area contributed by atoms with Crippen LogP contribution in [0.1, 0.15) is 27.2 Å². The molecule has 1 heterocycles. The van der Waals surface area contributed by atoms with Gasteiger partial charge in [-0.3, -0.25) is 0 Å². The zero-order valence-electron chi connectivity index (χ0n) is 11.9. The van der Waals surface area contributed by atoms with E-state index in [0.29, 0.717) is 13.2 Å². The van der Waals surface area contributed by atoms with Gasteiger partial charge < -0.3 is 15.0 Å². The lowest BCUT2D eigenvalue weighted by molar-refractivity contribution is 0.0645. The van der Waals surface area contributed by atoms with Gasteiger partial charge in [0.1, 0.15) is 0 Å². The number of halogens is 2. The Morgan fingerprint density at radius 2 is 2.06 bits per heavy atom. The highest BCUT2D eigenvalue weighted by atomic mass is 19.3. The van der Waals surface area contributed by atoms with E-state index in [9.17, 15) is 8.78 Å². The van der Waals surface area contributed by atoms with Gasteiger partial charge in [0, 0.05) is 30.7 Å². The van der Waals surface area contributed by atoms with Crippen LogP contribution in [0, 0.1) is 5.41 Å². The maximum absolute atomic E-state index is 12.4. The second-order valence-corrected chi connectivity index (χ2v) is 6.49. The Bertz CT molecular complexity index is 248. The molecule has 18 heavy (non-hydrogen) atoms. The van der Waals surface area contributed by atoms with E-state index in [-0.39, 0.29) is 17.5 Å². The minimum absolute atomic E-state index is 0.0308. The standard InChI is InChI=1S/C13H26F2N2O/c1-12(2,3)16-8-13(5-6-18-10-13)9-17(4)7-11(14)15/h11,16H,5-10H2,1-4H3. The van der Waals surface area contributed by atoms with E-state index in [1.807, 2.05) is 0 Å². The zero-order chi connectivity index (χ0) is 13.8. The molecule has 0 amide bonds. The summed E-state index contributed by atoms with van der Waals surface area (Å²) >= 11 is 0. The summed E-state index contributed by atoms with van der Waals surface area (Å²) in [5.41, 5.74) is 0.00773. The minimum atomic E-state index is -2.27. The van der Waals surface area contributed by atoms with Crippen molar-refractivity contribution < 1.29 is 13.5 Å². The summed E-state index contributed by atoms with van der Waals surface area (Å²) in [5.74, 6) is 0. The van der Waals surface area contributed by atoms with Gasteiger partial charge >= 0.3 is 0 Å². The quantitative estimate of drug-likeness (QED) is 0.794. The summed E-state index contributed by atoms with van der Waals surface area (Å²) in [6.45, 7) is 9.01. The number of nitrogens with zero attached hydrogens (tertiary/aromatic N) is 1. The topological polar surface area (TPSA) is 24.5 Å². The van der Waals surface area contributed by atoms with E-state index in [0.717, 1.165) is 19.6 Å². The van der Waals surface area contributed by atoms with Crippen molar-refractivity contribution in [3.63, 3.8) is 0 Å². The van der Waals surface area contributed by atoms with Crippen molar-refractivity contribution in [2.24, 2.45) is 5.41 Å². The average Bonchev–Trinajstić information content (AvgIpc) is 2.61. The van der Waals surface area contributed by atoms with Crippen LogP contribution in [-0.2, 0) is 4.74 Å². The first kappa shape index (κ1) is 15.8. The molecule has 1 saturated heterocycles. The first-order valence-corrected chi connectivity index (χ1v) is 6.52. The minimum Gasteiger partial charge on any atom is -0.381 e. The van der Waals surface area contributed by atoms with Crippen molar-refractivity contribution in [2.75, 3.05) is 39.9 Å². The van der Waals surface area contributed by atoms with Gasteiger partial charge in [-0.05, 0) is 34.2 Å². The largest absolute Gasteiger partial charge is 0.381 e. The molecule has 3 nitrogen and oxygen atoms in total. The van der Waals surface area contributed by atoms with Gasteiger partial charge in [0.2, 0.25) is 0 Å². The maximum atomic E-state index is 12.4. The van der Waals surface area contributed by atoms with Crippen molar-refractivity contribution in [1.29, 1.82) is 0 Å². The van der Waals surface area contributed by atoms with Crippen molar-refractivity contribution in [1.82, 2.24) is 10.2 Å². The highest BCUT2D eigenvalue weighted by Gasteiger charge is 2.37. The van der Waals surface area contributed by atoms with Crippen LogP contribution in [0.4, 0.5) is 8.78 Å². The molecule has 0 aromatic carbocycles. The predicted molar refractivity (Wildman–Crippen MR) is 69.1 cm³/mol. The summed E-state index contributed by atoms with van der Waals surface area (Å²) in [7, 11) is 1.75. The third-order valence-electron chi connectivity index (χ3n) is 3.23. The van der Waals surface area contributed by atoms with E-state index in [1.165, 1.54) is 0 Å². The fourth-order valence-corrected chi connectivity index (χ4v) is 2.29. The molecule has 0 saturated carbocycles. The second kappa shape index (κ2) is 6.26. The van der Waals surface area contributed by atoms with Crippen molar-refractivity contribution in [3.8, 4) is 0 Å².